The van der Waals surface area contributed by atoms with Crippen molar-refractivity contribution in [1.82, 2.24) is 9.97 Å². The average molecular weight is 369 g/mol. The Morgan fingerprint density at radius 3 is 2.96 bits per heavy atom. The summed E-state index contributed by atoms with van der Waals surface area (Å²) in [5.74, 6) is 3.07. The first-order valence-electron chi connectivity index (χ1n) is 9.02. The summed E-state index contributed by atoms with van der Waals surface area (Å²) in [6.07, 6.45) is 5.11. The second-order valence-electron chi connectivity index (χ2n) is 6.68. The van der Waals surface area contributed by atoms with E-state index in [1.165, 1.54) is 22.2 Å². The Morgan fingerprint density at radius 2 is 2.15 bits per heavy atom. The number of methoxy groups -OCH3 is 1. The van der Waals surface area contributed by atoms with E-state index in [-0.39, 0.29) is 0 Å². The normalized spacial score (nSPS) is 16.3. The Labute approximate surface area is 157 Å². The van der Waals surface area contributed by atoms with Crippen LogP contribution >= 0.6 is 11.3 Å². The van der Waals surface area contributed by atoms with Crippen LogP contribution in [0, 0.1) is 5.92 Å². The fourth-order valence-electron chi connectivity index (χ4n) is 3.53. The maximum Gasteiger partial charge on any atom is 0.162 e. The maximum atomic E-state index is 5.60. The van der Waals surface area contributed by atoms with E-state index < -0.39 is 0 Å². The van der Waals surface area contributed by atoms with Gasteiger partial charge in [0.1, 0.15) is 17.0 Å². The number of benzene rings is 1. The van der Waals surface area contributed by atoms with Crippen molar-refractivity contribution >= 4 is 33.1 Å². The third-order valence-electron chi connectivity index (χ3n) is 4.82. The fraction of sp³-hybridized carbons (Fsp3) is 0.400. The third kappa shape index (κ3) is 3.09. The van der Waals surface area contributed by atoms with E-state index in [1.54, 1.807) is 13.4 Å². The second-order valence-corrected chi connectivity index (χ2v) is 7.76. The predicted molar refractivity (Wildman–Crippen MR) is 106 cm³/mol. The molecule has 0 bridgehead atoms. The Kier molecular flexibility index (Phi) is 4.68. The van der Waals surface area contributed by atoms with Crippen LogP contribution in [0.4, 0.5) is 11.5 Å². The monoisotopic (exact) mass is 369 g/mol. The molecule has 1 N–H and O–H groups in total. The zero-order valence-corrected chi connectivity index (χ0v) is 16.2. The number of aromatic nitrogens is 2. The predicted octanol–water partition coefficient (Wildman–Crippen LogP) is 4.97. The number of fused-ring (bicyclic) bond motifs is 3. The minimum Gasteiger partial charge on any atom is -0.493 e. The van der Waals surface area contributed by atoms with Gasteiger partial charge in [-0.25, -0.2) is 9.97 Å². The van der Waals surface area contributed by atoms with Crippen LogP contribution in [0.1, 0.15) is 30.7 Å². The van der Waals surface area contributed by atoms with Crippen molar-refractivity contribution in [3.8, 4) is 11.5 Å². The van der Waals surface area contributed by atoms with Crippen LogP contribution in [-0.2, 0) is 12.8 Å². The molecule has 0 unspecified atom stereocenters. The van der Waals surface area contributed by atoms with E-state index >= 15 is 0 Å². The number of hydrogen-bond acceptors (Lipinski definition) is 6. The van der Waals surface area contributed by atoms with E-state index in [9.17, 15) is 0 Å². The molecule has 0 radical (unpaired) electrons. The van der Waals surface area contributed by atoms with Crippen molar-refractivity contribution in [2.75, 3.05) is 19.0 Å². The summed E-state index contributed by atoms with van der Waals surface area (Å²) in [4.78, 5) is 11.6. The molecule has 0 saturated carbocycles. The molecule has 5 nitrogen and oxygen atoms in total. The molecule has 1 aliphatic rings. The summed E-state index contributed by atoms with van der Waals surface area (Å²) in [6.45, 7) is 4.89. The van der Waals surface area contributed by atoms with Gasteiger partial charge in [0.2, 0.25) is 0 Å². The summed E-state index contributed by atoms with van der Waals surface area (Å²) in [5.41, 5.74) is 2.35. The zero-order chi connectivity index (χ0) is 18.1. The van der Waals surface area contributed by atoms with Crippen LogP contribution in [0.3, 0.4) is 0 Å². The van der Waals surface area contributed by atoms with Crippen molar-refractivity contribution in [1.29, 1.82) is 0 Å². The summed E-state index contributed by atoms with van der Waals surface area (Å²) in [7, 11) is 1.65. The molecule has 1 atom stereocenters. The first-order chi connectivity index (χ1) is 12.7. The van der Waals surface area contributed by atoms with Crippen molar-refractivity contribution in [3.05, 3.63) is 35.0 Å². The lowest BCUT2D eigenvalue weighted by Gasteiger charge is -2.18. The highest BCUT2D eigenvalue weighted by atomic mass is 32.1. The smallest absolute Gasteiger partial charge is 0.162 e. The molecule has 3 aromatic rings. The van der Waals surface area contributed by atoms with E-state index in [0.29, 0.717) is 12.4 Å². The Morgan fingerprint density at radius 1 is 1.27 bits per heavy atom. The molecule has 26 heavy (non-hydrogen) atoms. The van der Waals surface area contributed by atoms with Crippen LogP contribution in [0.2, 0.25) is 0 Å². The van der Waals surface area contributed by atoms with Gasteiger partial charge in [-0.2, -0.15) is 0 Å². The summed E-state index contributed by atoms with van der Waals surface area (Å²) in [5, 5.41) is 4.63. The highest BCUT2D eigenvalue weighted by molar-refractivity contribution is 7.19. The van der Waals surface area contributed by atoms with E-state index in [4.69, 9.17) is 9.47 Å². The zero-order valence-electron chi connectivity index (χ0n) is 15.3. The number of hydrogen-bond donors (Lipinski definition) is 1. The van der Waals surface area contributed by atoms with Crippen LogP contribution < -0.4 is 14.8 Å². The van der Waals surface area contributed by atoms with Gasteiger partial charge in [0, 0.05) is 16.6 Å². The minimum absolute atomic E-state index is 0.606. The molecule has 1 aromatic carbocycles. The number of rotatable bonds is 5. The number of nitrogens with one attached hydrogen (secondary N) is 1. The molecule has 4 rings (SSSR count). The highest BCUT2D eigenvalue weighted by Crippen LogP contribution is 2.40. The molecule has 1 aliphatic carbocycles. The van der Waals surface area contributed by atoms with Gasteiger partial charge in [0.05, 0.1) is 19.1 Å². The average Bonchev–Trinajstić information content (AvgIpc) is 3.01. The third-order valence-corrected chi connectivity index (χ3v) is 5.98. The Bertz CT molecular complexity index is 938. The molecule has 0 aliphatic heterocycles. The van der Waals surface area contributed by atoms with Crippen LogP contribution in [0.25, 0.3) is 10.2 Å². The Balaban J connectivity index is 1.72. The molecule has 0 fully saturated rings. The number of thiophene rings is 1. The lowest BCUT2D eigenvalue weighted by Crippen LogP contribution is -2.09. The largest absolute Gasteiger partial charge is 0.493 e. The van der Waals surface area contributed by atoms with Gasteiger partial charge in [-0.15, -0.1) is 11.3 Å². The lowest BCUT2D eigenvalue weighted by atomic mass is 9.89. The molecular weight excluding hydrogens is 346 g/mol. The summed E-state index contributed by atoms with van der Waals surface area (Å²) < 4.78 is 11.1. The van der Waals surface area contributed by atoms with Gasteiger partial charge < -0.3 is 14.8 Å². The van der Waals surface area contributed by atoms with Crippen LogP contribution in [-0.4, -0.2) is 23.7 Å². The first-order valence-corrected chi connectivity index (χ1v) is 9.84. The SMILES string of the molecule is CCOc1ccc(Nc2ncnc3sc4c(c23)CC[C@H](C)C4)cc1OC. The van der Waals surface area contributed by atoms with E-state index in [1.807, 2.05) is 36.5 Å². The molecule has 6 heteroatoms. The first kappa shape index (κ1) is 17.1. The van der Waals surface area contributed by atoms with Gasteiger partial charge in [0.25, 0.3) is 0 Å². The molecule has 136 valence electrons. The van der Waals surface area contributed by atoms with Crippen molar-refractivity contribution < 1.29 is 9.47 Å². The molecular formula is C20H23N3O2S. The van der Waals surface area contributed by atoms with Crippen molar-refractivity contribution in [2.45, 2.75) is 33.1 Å². The topological polar surface area (TPSA) is 56.3 Å². The Hall–Kier alpha value is -2.34. The number of ether oxygens (including phenoxy) is 2. The molecule has 0 amide bonds. The standard InChI is InChI=1S/C20H23N3O2S/c1-4-25-15-8-6-13(10-16(15)24-3)23-19-18-14-7-5-12(2)9-17(14)26-20(18)22-11-21-19/h6,8,10-12H,4-5,7,9H2,1-3H3,(H,21,22,23)/t12-/m0/s1. The van der Waals surface area contributed by atoms with Gasteiger partial charge >= 0.3 is 0 Å². The van der Waals surface area contributed by atoms with Crippen LogP contribution in [0.5, 0.6) is 11.5 Å². The fourth-order valence-corrected chi connectivity index (χ4v) is 4.88. The van der Waals surface area contributed by atoms with Crippen molar-refractivity contribution in [2.24, 2.45) is 5.92 Å². The minimum atomic E-state index is 0.606. The van der Waals surface area contributed by atoms with Crippen LogP contribution in [0.15, 0.2) is 24.5 Å². The van der Waals surface area contributed by atoms with Gasteiger partial charge in [-0.3, -0.25) is 0 Å². The number of aryl methyl sites for hydroxylation is 1. The molecule has 0 saturated heterocycles. The van der Waals surface area contributed by atoms with Crippen molar-refractivity contribution in [3.63, 3.8) is 0 Å². The summed E-state index contributed by atoms with van der Waals surface area (Å²) in [6, 6.07) is 5.86. The molecule has 2 heterocycles. The second kappa shape index (κ2) is 7.11. The molecule has 2 aromatic heterocycles. The van der Waals surface area contributed by atoms with Gasteiger partial charge in [-0.1, -0.05) is 6.92 Å². The number of nitrogens with zero attached hydrogens (tertiary/aromatic N) is 2. The van der Waals surface area contributed by atoms with E-state index in [2.05, 4.69) is 22.2 Å². The highest BCUT2D eigenvalue weighted by Gasteiger charge is 2.23. The maximum absolute atomic E-state index is 5.60. The molecule has 0 spiro atoms. The number of anilines is 2. The lowest BCUT2D eigenvalue weighted by molar-refractivity contribution is 0.311. The van der Waals surface area contributed by atoms with E-state index in [0.717, 1.165) is 40.8 Å². The quantitative estimate of drug-likeness (QED) is 0.688. The summed E-state index contributed by atoms with van der Waals surface area (Å²) >= 11 is 1.81. The van der Waals surface area contributed by atoms with Gasteiger partial charge in [-0.05, 0) is 49.8 Å². The van der Waals surface area contributed by atoms with Gasteiger partial charge in [0.15, 0.2) is 11.5 Å².